The summed E-state index contributed by atoms with van der Waals surface area (Å²) in [4.78, 5) is 11.7. The lowest BCUT2D eigenvalue weighted by molar-refractivity contribution is -0.113. The van der Waals surface area contributed by atoms with Gasteiger partial charge in [0.1, 0.15) is 5.75 Å². The molecule has 0 aliphatic heterocycles. The maximum atomic E-state index is 11.7. The van der Waals surface area contributed by atoms with Crippen molar-refractivity contribution in [3.05, 3.63) is 65.2 Å². The highest BCUT2D eigenvalue weighted by Crippen LogP contribution is 2.26. The normalized spacial score (nSPS) is 11.9. The van der Waals surface area contributed by atoms with Crippen molar-refractivity contribution >= 4 is 16.8 Å². The number of rotatable bonds is 5. The second kappa shape index (κ2) is 6.58. The van der Waals surface area contributed by atoms with Gasteiger partial charge in [-0.2, -0.15) is 0 Å². The number of ether oxygens (including phenoxy) is 1. The molecular weight excluding hydrogens is 272 g/mol. The van der Waals surface area contributed by atoms with Gasteiger partial charge in [-0.1, -0.05) is 42.0 Å². The minimum atomic E-state index is -0.335. The Morgan fingerprint density at radius 3 is 2.60 bits per heavy atom. The third kappa shape index (κ3) is 3.61. The number of carbonyl (C=O) groups excluding carboxylic acids is 1. The second-order valence-electron chi connectivity index (χ2n) is 4.83. The molecule has 2 aromatic carbocycles. The van der Waals surface area contributed by atoms with Crippen molar-refractivity contribution in [2.24, 2.45) is 0 Å². The van der Waals surface area contributed by atoms with E-state index >= 15 is 0 Å². The summed E-state index contributed by atoms with van der Waals surface area (Å²) in [5.41, 5.74) is 3.11. The highest BCUT2D eigenvalue weighted by Gasteiger charge is 2.19. The predicted molar refractivity (Wildman–Crippen MR) is 81.5 cm³/mol. The lowest BCUT2D eigenvalue weighted by Crippen LogP contribution is -2.10. The molecule has 0 saturated carbocycles. The minimum Gasteiger partial charge on any atom is -0.497 e. The molecule has 0 N–H and O–H groups in total. The summed E-state index contributed by atoms with van der Waals surface area (Å²) in [7, 11) is 1.63. The molecule has 0 saturated heterocycles. The Hall–Kier alpha value is -1.80. The zero-order chi connectivity index (χ0) is 14.5. The predicted octanol–water partition coefficient (Wildman–Crippen LogP) is 4.10. The Kier molecular flexibility index (Phi) is 4.80. The van der Waals surface area contributed by atoms with Crippen LogP contribution >= 0.6 is 11.6 Å². The maximum absolute atomic E-state index is 11.7. The van der Waals surface area contributed by atoms with Gasteiger partial charge in [0, 0.05) is 0 Å². The van der Waals surface area contributed by atoms with Gasteiger partial charge in [0.2, 0.25) is 5.24 Å². The number of benzene rings is 2. The fourth-order valence-corrected chi connectivity index (χ4v) is 2.45. The Morgan fingerprint density at radius 2 is 1.95 bits per heavy atom. The summed E-state index contributed by atoms with van der Waals surface area (Å²) in [5, 5.41) is -0.335. The quantitative estimate of drug-likeness (QED) is 0.775. The van der Waals surface area contributed by atoms with E-state index in [0.717, 1.165) is 22.4 Å². The average molecular weight is 289 g/mol. The Labute approximate surface area is 124 Å². The van der Waals surface area contributed by atoms with Gasteiger partial charge in [0.25, 0.3) is 0 Å². The van der Waals surface area contributed by atoms with Crippen LogP contribution in [0.5, 0.6) is 5.75 Å². The van der Waals surface area contributed by atoms with E-state index in [-0.39, 0.29) is 11.2 Å². The summed E-state index contributed by atoms with van der Waals surface area (Å²) in [6, 6.07) is 15.6. The smallest absolute Gasteiger partial charge is 0.229 e. The van der Waals surface area contributed by atoms with Crippen LogP contribution in [0.1, 0.15) is 22.6 Å². The van der Waals surface area contributed by atoms with Gasteiger partial charge < -0.3 is 4.74 Å². The molecule has 0 heterocycles. The zero-order valence-electron chi connectivity index (χ0n) is 11.6. The number of methoxy groups -OCH3 is 1. The van der Waals surface area contributed by atoms with Gasteiger partial charge in [0.15, 0.2) is 0 Å². The van der Waals surface area contributed by atoms with E-state index in [1.165, 1.54) is 0 Å². The minimum absolute atomic E-state index is 0.330. The lowest BCUT2D eigenvalue weighted by atomic mass is 9.92. The molecule has 0 aliphatic rings. The monoisotopic (exact) mass is 288 g/mol. The summed E-state index contributed by atoms with van der Waals surface area (Å²) < 4.78 is 5.20. The van der Waals surface area contributed by atoms with Crippen molar-refractivity contribution < 1.29 is 9.53 Å². The topological polar surface area (TPSA) is 26.3 Å². The SMILES string of the molecule is COc1cccc(C[C@@H](C(=O)Cl)c2cccc(C)c2)c1. The first-order valence-electron chi connectivity index (χ1n) is 6.49. The molecule has 0 bridgehead atoms. The first kappa shape index (κ1) is 14.6. The van der Waals surface area contributed by atoms with Crippen LogP contribution in [0, 0.1) is 6.92 Å². The van der Waals surface area contributed by atoms with Gasteiger partial charge in [0.05, 0.1) is 13.0 Å². The molecule has 3 heteroatoms. The molecule has 2 aromatic rings. The van der Waals surface area contributed by atoms with Crippen LogP contribution in [-0.4, -0.2) is 12.4 Å². The lowest BCUT2D eigenvalue weighted by Gasteiger charge is -2.14. The van der Waals surface area contributed by atoms with E-state index in [1.54, 1.807) is 7.11 Å². The first-order chi connectivity index (χ1) is 9.60. The molecule has 0 spiro atoms. The molecule has 0 radical (unpaired) electrons. The average Bonchev–Trinajstić information content (AvgIpc) is 2.44. The highest BCUT2D eigenvalue weighted by atomic mass is 35.5. The van der Waals surface area contributed by atoms with E-state index in [1.807, 2.05) is 55.5 Å². The van der Waals surface area contributed by atoms with Crippen molar-refractivity contribution in [2.75, 3.05) is 7.11 Å². The van der Waals surface area contributed by atoms with Crippen LogP contribution in [0.3, 0.4) is 0 Å². The van der Waals surface area contributed by atoms with Gasteiger partial charge in [-0.05, 0) is 48.2 Å². The molecule has 1 atom stereocenters. The molecule has 0 fully saturated rings. The van der Waals surface area contributed by atoms with Crippen molar-refractivity contribution in [3.8, 4) is 5.75 Å². The standard InChI is InChI=1S/C17H17ClO2/c1-12-5-3-7-14(9-12)16(17(18)19)11-13-6-4-8-15(10-13)20-2/h3-10,16H,11H2,1-2H3/t16-/m1/s1. The third-order valence-electron chi connectivity index (χ3n) is 3.29. The number of hydrogen-bond donors (Lipinski definition) is 0. The number of halogens is 1. The molecule has 0 aliphatic carbocycles. The number of hydrogen-bond acceptors (Lipinski definition) is 2. The molecule has 0 unspecified atom stereocenters. The fraction of sp³-hybridized carbons (Fsp3) is 0.235. The largest absolute Gasteiger partial charge is 0.497 e. The Morgan fingerprint density at radius 1 is 1.20 bits per heavy atom. The van der Waals surface area contributed by atoms with Gasteiger partial charge in [-0.15, -0.1) is 0 Å². The van der Waals surface area contributed by atoms with Crippen molar-refractivity contribution in [2.45, 2.75) is 19.3 Å². The van der Waals surface area contributed by atoms with Crippen LogP contribution in [0.15, 0.2) is 48.5 Å². The first-order valence-corrected chi connectivity index (χ1v) is 6.87. The number of aryl methyl sites for hydroxylation is 1. The van der Waals surface area contributed by atoms with E-state index < -0.39 is 0 Å². The van der Waals surface area contributed by atoms with Crippen LogP contribution in [-0.2, 0) is 11.2 Å². The van der Waals surface area contributed by atoms with Crippen molar-refractivity contribution in [1.82, 2.24) is 0 Å². The van der Waals surface area contributed by atoms with Crippen LogP contribution in [0.2, 0.25) is 0 Å². The van der Waals surface area contributed by atoms with E-state index in [9.17, 15) is 4.79 Å². The van der Waals surface area contributed by atoms with Gasteiger partial charge in [-0.3, -0.25) is 4.79 Å². The summed E-state index contributed by atoms with van der Waals surface area (Å²) >= 11 is 5.78. The molecule has 0 amide bonds. The Bertz CT molecular complexity index is 607. The molecule has 104 valence electrons. The van der Waals surface area contributed by atoms with E-state index in [2.05, 4.69) is 0 Å². The molecule has 2 nitrogen and oxygen atoms in total. The molecule has 20 heavy (non-hydrogen) atoms. The van der Waals surface area contributed by atoms with Crippen molar-refractivity contribution in [3.63, 3.8) is 0 Å². The van der Waals surface area contributed by atoms with E-state index in [0.29, 0.717) is 6.42 Å². The maximum Gasteiger partial charge on any atom is 0.229 e. The second-order valence-corrected chi connectivity index (χ2v) is 5.20. The molecule has 0 aromatic heterocycles. The fourth-order valence-electron chi connectivity index (χ4n) is 2.25. The van der Waals surface area contributed by atoms with Crippen LogP contribution in [0.4, 0.5) is 0 Å². The van der Waals surface area contributed by atoms with Gasteiger partial charge >= 0.3 is 0 Å². The molecule has 2 rings (SSSR count). The highest BCUT2D eigenvalue weighted by molar-refractivity contribution is 6.64. The zero-order valence-corrected chi connectivity index (χ0v) is 12.4. The van der Waals surface area contributed by atoms with Crippen molar-refractivity contribution in [1.29, 1.82) is 0 Å². The Balaban J connectivity index is 2.28. The van der Waals surface area contributed by atoms with Crippen LogP contribution < -0.4 is 4.74 Å². The van der Waals surface area contributed by atoms with Gasteiger partial charge in [-0.25, -0.2) is 0 Å². The third-order valence-corrected chi connectivity index (χ3v) is 3.56. The van der Waals surface area contributed by atoms with Crippen LogP contribution in [0.25, 0.3) is 0 Å². The summed E-state index contributed by atoms with van der Waals surface area (Å²) in [6.45, 7) is 2.00. The number of carbonyl (C=O) groups is 1. The summed E-state index contributed by atoms with van der Waals surface area (Å²) in [5.74, 6) is 0.455. The summed E-state index contributed by atoms with van der Waals surface area (Å²) in [6.07, 6.45) is 0.572. The van der Waals surface area contributed by atoms with E-state index in [4.69, 9.17) is 16.3 Å². The molecular formula is C17H17ClO2.